The second kappa shape index (κ2) is 9.61. The molecule has 0 radical (unpaired) electrons. The second-order valence-corrected chi connectivity index (χ2v) is 6.21. The summed E-state index contributed by atoms with van der Waals surface area (Å²) in [6.45, 7) is 3.38. The summed E-state index contributed by atoms with van der Waals surface area (Å²) >= 11 is 0. The Hall–Kier alpha value is -3.26. The topological polar surface area (TPSA) is 93.4 Å². The second-order valence-electron chi connectivity index (χ2n) is 6.21. The van der Waals surface area contributed by atoms with Crippen LogP contribution in [0.5, 0.6) is 5.75 Å². The zero-order valence-corrected chi connectivity index (χ0v) is 16.0. The fourth-order valence-corrected chi connectivity index (χ4v) is 2.79. The first-order valence-corrected chi connectivity index (χ1v) is 9.07. The number of ether oxygens (including phenoxy) is 1. The van der Waals surface area contributed by atoms with E-state index in [-0.39, 0.29) is 12.5 Å². The van der Waals surface area contributed by atoms with Crippen LogP contribution in [0.3, 0.4) is 0 Å². The first-order chi connectivity index (χ1) is 13.7. The van der Waals surface area contributed by atoms with Crippen molar-refractivity contribution < 1.29 is 14.1 Å². The first-order valence-electron chi connectivity index (χ1n) is 9.07. The molecule has 0 fully saturated rings. The summed E-state index contributed by atoms with van der Waals surface area (Å²) in [6, 6.07) is 11.0. The van der Waals surface area contributed by atoms with Crippen LogP contribution in [-0.2, 0) is 11.3 Å². The van der Waals surface area contributed by atoms with E-state index < -0.39 is 0 Å². The van der Waals surface area contributed by atoms with Gasteiger partial charge in [0, 0.05) is 18.0 Å². The molecule has 146 valence electrons. The highest BCUT2D eigenvalue weighted by molar-refractivity contribution is 5.93. The number of benzene rings is 1. The van der Waals surface area contributed by atoms with E-state index in [9.17, 15) is 4.79 Å². The van der Waals surface area contributed by atoms with E-state index >= 15 is 0 Å². The van der Waals surface area contributed by atoms with Crippen molar-refractivity contribution in [3.63, 3.8) is 0 Å². The van der Waals surface area contributed by atoms with Crippen molar-refractivity contribution in [3.8, 4) is 17.1 Å². The number of methoxy groups -OCH3 is 1. The molecular formula is C20H23N5O3. The Kier molecular flexibility index (Phi) is 6.69. The zero-order chi connectivity index (χ0) is 19.8. The van der Waals surface area contributed by atoms with Gasteiger partial charge >= 0.3 is 0 Å². The van der Waals surface area contributed by atoms with E-state index in [1.54, 1.807) is 31.6 Å². The van der Waals surface area contributed by atoms with Gasteiger partial charge in [0.1, 0.15) is 5.75 Å². The van der Waals surface area contributed by atoms with Crippen LogP contribution in [0.15, 0.2) is 53.3 Å². The molecule has 28 heavy (non-hydrogen) atoms. The van der Waals surface area contributed by atoms with Crippen molar-refractivity contribution in [3.05, 3.63) is 54.7 Å². The summed E-state index contributed by atoms with van der Waals surface area (Å²) in [6.07, 6.45) is 4.26. The van der Waals surface area contributed by atoms with Crippen molar-refractivity contribution in [1.82, 2.24) is 20.0 Å². The van der Waals surface area contributed by atoms with Crippen LogP contribution >= 0.6 is 0 Å². The van der Waals surface area contributed by atoms with E-state index in [0.29, 0.717) is 29.7 Å². The molecule has 0 spiro atoms. The molecule has 0 bridgehead atoms. The number of aromatic nitrogens is 3. The lowest BCUT2D eigenvalue weighted by Gasteiger charge is -2.19. The van der Waals surface area contributed by atoms with Crippen LogP contribution in [0.25, 0.3) is 11.4 Å². The standard InChI is InChI=1S/C20H23N5O3/c1-3-11-25(13-18(26)22-16-8-4-5-9-17(16)27-2)14-19-23-20(24-28-19)15-7-6-10-21-12-15/h4-10,12H,3,11,13-14H2,1-2H3,(H,22,26). The minimum atomic E-state index is -0.134. The number of rotatable bonds is 9. The third kappa shape index (κ3) is 5.14. The third-order valence-corrected chi connectivity index (χ3v) is 4.03. The smallest absolute Gasteiger partial charge is 0.241 e. The minimum absolute atomic E-state index is 0.134. The number of amides is 1. The molecule has 0 aliphatic heterocycles. The van der Waals surface area contributed by atoms with Crippen LogP contribution in [-0.4, -0.2) is 46.1 Å². The number of carbonyl (C=O) groups excluding carboxylic acids is 1. The minimum Gasteiger partial charge on any atom is -0.495 e. The number of carbonyl (C=O) groups is 1. The predicted octanol–water partition coefficient (Wildman–Crippen LogP) is 2.99. The molecule has 0 unspecified atom stereocenters. The van der Waals surface area contributed by atoms with E-state index in [4.69, 9.17) is 9.26 Å². The van der Waals surface area contributed by atoms with Crippen molar-refractivity contribution in [2.24, 2.45) is 0 Å². The molecule has 2 aromatic heterocycles. The fourth-order valence-electron chi connectivity index (χ4n) is 2.79. The Bertz CT molecular complexity index is 898. The van der Waals surface area contributed by atoms with Crippen LogP contribution in [0.4, 0.5) is 5.69 Å². The summed E-state index contributed by atoms with van der Waals surface area (Å²) in [7, 11) is 1.57. The predicted molar refractivity (Wildman–Crippen MR) is 105 cm³/mol. The molecule has 1 N–H and O–H groups in total. The van der Waals surface area contributed by atoms with E-state index in [2.05, 4.69) is 27.4 Å². The monoisotopic (exact) mass is 381 g/mol. The van der Waals surface area contributed by atoms with Gasteiger partial charge in [0.2, 0.25) is 17.6 Å². The molecular weight excluding hydrogens is 358 g/mol. The Morgan fingerprint density at radius 1 is 1.25 bits per heavy atom. The van der Waals surface area contributed by atoms with Gasteiger partial charge in [-0.25, -0.2) is 0 Å². The average Bonchev–Trinajstić information content (AvgIpc) is 3.17. The summed E-state index contributed by atoms with van der Waals surface area (Å²) in [4.78, 5) is 22.9. The maximum absolute atomic E-state index is 12.5. The Balaban J connectivity index is 1.63. The van der Waals surface area contributed by atoms with Crippen LogP contribution in [0.2, 0.25) is 0 Å². The lowest BCUT2D eigenvalue weighted by atomic mass is 10.3. The molecule has 3 aromatic rings. The number of hydrogen-bond acceptors (Lipinski definition) is 7. The van der Waals surface area contributed by atoms with E-state index in [1.807, 2.05) is 29.2 Å². The molecule has 0 saturated heterocycles. The highest BCUT2D eigenvalue weighted by Crippen LogP contribution is 2.23. The molecule has 8 heteroatoms. The Morgan fingerprint density at radius 3 is 2.86 bits per heavy atom. The van der Waals surface area contributed by atoms with Crippen molar-refractivity contribution in [1.29, 1.82) is 0 Å². The number of nitrogens with zero attached hydrogens (tertiary/aromatic N) is 4. The summed E-state index contributed by atoms with van der Waals surface area (Å²) in [5.74, 6) is 1.43. The molecule has 0 saturated carbocycles. The zero-order valence-electron chi connectivity index (χ0n) is 16.0. The van der Waals surface area contributed by atoms with Gasteiger partial charge in [-0.05, 0) is 37.2 Å². The number of para-hydroxylation sites is 2. The van der Waals surface area contributed by atoms with Gasteiger partial charge in [0.05, 0.1) is 25.9 Å². The van der Waals surface area contributed by atoms with Crippen molar-refractivity contribution >= 4 is 11.6 Å². The van der Waals surface area contributed by atoms with Gasteiger partial charge in [-0.1, -0.05) is 24.2 Å². The van der Waals surface area contributed by atoms with Crippen molar-refractivity contribution in [2.75, 3.05) is 25.5 Å². The maximum Gasteiger partial charge on any atom is 0.241 e. The fraction of sp³-hybridized carbons (Fsp3) is 0.300. The number of hydrogen-bond donors (Lipinski definition) is 1. The van der Waals surface area contributed by atoms with Crippen LogP contribution < -0.4 is 10.1 Å². The van der Waals surface area contributed by atoms with Gasteiger partial charge in [-0.2, -0.15) is 4.98 Å². The number of pyridine rings is 1. The lowest BCUT2D eigenvalue weighted by molar-refractivity contribution is -0.117. The SMILES string of the molecule is CCCN(CC(=O)Nc1ccccc1OC)Cc1nc(-c2cccnc2)no1. The molecule has 1 amide bonds. The Morgan fingerprint density at radius 2 is 2.11 bits per heavy atom. The largest absolute Gasteiger partial charge is 0.495 e. The Labute approximate surface area is 163 Å². The third-order valence-electron chi connectivity index (χ3n) is 4.03. The quantitative estimate of drug-likeness (QED) is 0.609. The highest BCUT2D eigenvalue weighted by atomic mass is 16.5. The maximum atomic E-state index is 12.5. The van der Waals surface area contributed by atoms with Gasteiger partial charge in [0.15, 0.2) is 0 Å². The van der Waals surface area contributed by atoms with Crippen LogP contribution in [0, 0.1) is 0 Å². The molecule has 0 atom stereocenters. The van der Waals surface area contributed by atoms with Gasteiger partial charge in [-0.3, -0.25) is 14.7 Å². The lowest BCUT2D eigenvalue weighted by Crippen LogP contribution is -2.33. The number of nitrogens with one attached hydrogen (secondary N) is 1. The molecule has 3 rings (SSSR count). The first kappa shape index (κ1) is 19.5. The van der Waals surface area contributed by atoms with Crippen LogP contribution in [0.1, 0.15) is 19.2 Å². The average molecular weight is 381 g/mol. The summed E-state index contributed by atoms with van der Waals surface area (Å²) < 4.78 is 10.6. The summed E-state index contributed by atoms with van der Waals surface area (Å²) in [5.41, 5.74) is 1.43. The van der Waals surface area contributed by atoms with Gasteiger partial charge < -0.3 is 14.6 Å². The number of anilines is 1. The highest BCUT2D eigenvalue weighted by Gasteiger charge is 2.16. The van der Waals surface area contributed by atoms with E-state index in [0.717, 1.165) is 18.5 Å². The van der Waals surface area contributed by atoms with Gasteiger partial charge in [-0.15, -0.1) is 0 Å². The molecule has 1 aromatic carbocycles. The normalized spacial score (nSPS) is 10.8. The molecule has 8 nitrogen and oxygen atoms in total. The van der Waals surface area contributed by atoms with Crippen molar-refractivity contribution in [2.45, 2.75) is 19.9 Å². The van der Waals surface area contributed by atoms with Gasteiger partial charge in [0.25, 0.3) is 0 Å². The molecule has 0 aliphatic rings. The molecule has 0 aliphatic carbocycles. The molecule has 2 heterocycles. The van der Waals surface area contributed by atoms with E-state index in [1.165, 1.54) is 0 Å². The summed E-state index contributed by atoms with van der Waals surface area (Å²) in [5, 5.41) is 6.89.